The van der Waals surface area contributed by atoms with Gasteiger partial charge >= 0.3 is 0 Å². The smallest absolute Gasteiger partial charge is 0.293 e. The molecule has 8 heteroatoms. The van der Waals surface area contributed by atoms with Gasteiger partial charge in [-0.1, -0.05) is 19.1 Å². The molecular formula is C20H24N2O5S. The summed E-state index contributed by atoms with van der Waals surface area (Å²) >= 11 is 0.961. The molecule has 2 saturated heterocycles. The van der Waals surface area contributed by atoms with Crippen LogP contribution in [0.5, 0.6) is 5.75 Å². The molecule has 3 rings (SSSR count). The first-order valence-corrected chi connectivity index (χ1v) is 10.2. The van der Waals surface area contributed by atoms with Crippen molar-refractivity contribution in [1.82, 2.24) is 9.80 Å². The summed E-state index contributed by atoms with van der Waals surface area (Å²) in [6.45, 7) is 6.09. The first kappa shape index (κ1) is 20.4. The quantitative estimate of drug-likeness (QED) is 0.679. The van der Waals surface area contributed by atoms with Crippen LogP contribution < -0.4 is 4.74 Å². The van der Waals surface area contributed by atoms with Gasteiger partial charge in [0.25, 0.3) is 17.1 Å². The van der Waals surface area contributed by atoms with Crippen LogP contribution in [0, 0.1) is 0 Å². The predicted molar refractivity (Wildman–Crippen MR) is 107 cm³/mol. The van der Waals surface area contributed by atoms with Crippen LogP contribution in [0.2, 0.25) is 0 Å². The number of rotatable bonds is 6. The highest BCUT2D eigenvalue weighted by Crippen LogP contribution is 2.34. The molecule has 7 nitrogen and oxygen atoms in total. The number of benzene rings is 1. The first-order chi connectivity index (χ1) is 13.5. The minimum atomic E-state index is -0.249. The van der Waals surface area contributed by atoms with Crippen molar-refractivity contribution in [3.63, 3.8) is 0 Å². The molecule has 0 aliphatic carbocycles. The zero-order valence-electron chi connectivity index (χ0n) is 16.1. The number of imide groups is 1. The molecule has 0 saturated carbocycles. The largest absolute Gasteiger partial charge is 0.484 e. The van der Waals surface area contributed by atoms with Crippen molar-refractivity contribution in [2.24, 2.45) is 0 Å². The Morgan fingerprint density at radius 1 is 1.25 bits per heavy atom. The molecule has 2 heterocycles. The number of nitrogens with zero attached hydrogens (tertiary/aromatic N) is 2. The summed E-state index contributed by atoms with van der Waals surface area (Å²) in [5, 5.41) is -0.229. The Hall–Kier alpha value is -2.32. The Kier molecular flexibility index (Phi) is 6.74. The normalized spacial score (nSPS) is 20.0. The second-order valence-electron chi connectivity index (χ2n) is 6.66. The topological polar surface area (TPSA) is 76.2 Å². The van der Waals surface area contributed by atoms with Crippen molar-refractivity contribution in [3.05, 3.63) is 34.7 Å². The zero-order valence-corrected chi connectivity index (χ0v) is 16.9. The van der Waals surface area contributed by atoms with E-state index in [1.54, 1.807) is 35.2 Å². The fourth-order valence-electron chi connectivity index (χ4n) is 2.90. The van der Waals surface area contributed by atoms with E-state index < -0.39 is 0 Å². The van der Waals surface area contributed by atoms with Crippen LogP contribution in [0.25, 0.3) is 6.08 Å². The molecule has 2 aliphatic heterocycles. The molecule has 0 aromatic heterocycles. The van der Waals surface area contributed by atoms with Gasteiger partial charge in [-0.15, -0.1) is 0 Å². The number of thioether (sulfide) groups is 1. The summed E-state index contributed by atoms with van der Waals surface area (Å²) in [4.78, 5) is 40.1. The minimum absolute atomic E-state index is 0.0207. The Labute approximate surface area is 168 Å². The highest BCUT2D eigenvalue weighted by molar-refractivity contribution is 8.18. The second kappa shape index (κ2) is 9.25. The third-order valence-corrected chi connectivity index (χ3v) is 5.64. The van der Waals surface area contributed by atoms with E-state index in [-0.39, 0.29) is 29.7 Å². The summed E-state index contributed by atoms with van der Waals surface area (Å²) in [5.41, 5.74) is 0.793. The van der Waals surface area contributed by atoms with E-state index in [1.165, 1.54) is 4.90 Å². The van der Waals surface area contributed by atoms with Crippen molar-refractivity contribution >= 4 is 34.9 Å². The number of hydrogen-bond donors (Lipinski definition) is 0. The average Bonchev–Trinajstić information content (AvgIpc) is 3.00. The fourth-order valence-corrected chi connectivity index (χ4v) is 3.83. The maximum absolute atomic E-state index is 12.5. The molecule has 0 radical (unpaired) electrons. The van der Waals surface area contributed by atoms with Crippen molar-refractivity contribution < 1.29 is 23.9 Å². The lowest BCUT2D eigenvalue weighted by Gasteiger charge is -2.26. The summed E-state index contributed by atoms with van der Waals surface area (Å²) in [7, 11) is 0. The third-order valence-electron chi connectivity index (χ3n) is 4.76. The minimum Gasteiger partial charge on any atom is -0.484 e. The Balaban J connectivity index is 1.58. The number of morpholine rings is 1. The molecule has 0 bridgehead atoms. The van der Waals surface area contributed by atoms with Crippen LogP contribution in [0.15, 0.2) is 29.2 Å². The molecule has 1 atom stereocenters. The van der Waals surface area contributed by atoms with Crippen LogP contribution in [0.4, 0.5) is 4.79 Å². The van der Waals surface area contributed by atoms with Crippen molar-refractivity contribution in [2.75, 3.05) is 32.9 Å². The molecule has 2 fully saturated rings. The van der Waals surface area contributed by atoms with Crippen LogP contribution in [0.3, 0.4) is 0 Å². The van der Waals surface area contributed by atoms with E-state index in [0.717, 1.165) is 23.7 Å². The Bertz CT molecular complexity index is 771. The lowest BCUT2D eigenvalue weighted by atomic mass is 10.2. The van der Waals surface area contributed by atoms with Gasteiger partial charge in [0.15, 0.2) is 6.61 Å². The molecule has 0 spiro atoms. The predicted octanol–water partition coefficient (Wildman–Crippen LogP) is 2.76. The van der Waals surface area contributed by atoms with E-state index in [1.807, 2.05) is 13.8 Å². The van der Waals surface area contributed by atoms with Crippen LogP contribution >= 0.6 is 11.8 Å². The second-order valence-corrected chi connectivity index (χ2v) is 7.65. The van der Waals surface area contributed by atoms with Gasteiger partial charge < -0.3 is 14.4 Å². The summed E-state index contributed by atoms with van der Waals surface area (Å²) in [5.74, 6) is 0.262. The monoisotopic (exact) mass is 404 g/mol. The van der Waals surface area contributed by atoms with E-state index >= 15 is 0 Å². The van der Waals surface area contributed by atoms with Gasteiger partial charge in [-0.2, -0.15) is 0 Å². The lowest BCUT2D eigenvalue weighted by Crippen LogP contribution is -2.42. The molecule has 150 valence electrons. The SMILES string of the molecule is CC[C@@H](C)N1C(=O)S/C(=C/c2ccc(OCC(=O)N3CCOCC3)cc2)C1=O. The Morgan fingerprint density at radius 2 is 1.93 bits per heavy atom. The molecule has 0 unspecified atom stereocenters. The van der Waals surface area contributed by atoms with Gasteiger partial charge in [0, 0.05) is 19.1 Å². The van der Waals surface area contributed by atoms with Crippen LogP contribution in [-0.2, 0) is 14.3 Å². The molecule has 1 aromatic carbocycles. The van der Waals surface area contributed by atoms with Gasteiger partial charge in [0.2, 0.25) is 0 Å². The van der Waals surface area contributed by atoms with E-state index in [0.29, 0.717) is 37.0 Å². The van der Waals surface area contributed by atoms with Crippen LogP contribution in [0.1, 0.15) is 25.8 Å². The number of hydrogen-bond acceptors (Lipinski definition) is 6. The maximum Gasteiger partial charge on any atom is 0.293 e. The van der Waals surface area contributed by atoms with Crippen LogP contribution in [-0.4, -0.2) is 65.8 Å². The molecule has 2 aliphatic rings. The number of carbonyl (C=O) groups excluding carboxylic acids is 3. The third kappa shape index (κ3) is 4.74. The zero-order chi connectivity index (χ0) is 20.1. The number of amides is 3. The van der Waals surface area contributed by atoms with Gasteiger partial charge in [0.05, 0.1) is 18.1 Å². The Morgan fingerprint density at radius 3 is 2.57 bits per heavy atom. The standard InChI is InChI=1S/C20H24N2O5S/c1-3-14(2)22-19(24)17(28-20(22)25)12-15-4-6-16(7-5-15)27-13-18(23)21-8-10-26-11-9-21/h4-7,12,14H,3,8-11,13H2,1-2H3/b17-12+/t14-/m1/s1. The lowest BCUT2D eigenvalue weighted by molar-refractivity contribution is -0.137. The summed E-state index contributed by atoms with van der Waals surface area (Å²) in [6.07, 6.45) is 2.43. The fraction of sp³-hybridized carbons (Fsp3) is 0.450. The van der Waals surface area contributed by atoms with Crippen molar-refractivity contribution in [2.45, 2.75) is 26.3 Å². The molecule has 3 amide bonds. The first-order valence-electron chi connectivity index (χ1n) is 9.35. The number of carbonyl (C=O) groups is 3. The van der Waals surface area contributed by atoms with Crippen molar-refractivity contribution in [3.8, 4) is 5.75 Å². The van der Waals surface area contributed by atoms with Gasteiger partial charge in [-0.05, 0) is 48.9 Å². The maximum atomic E-state index is 12.5. The van der Waals surface area contributed by atoms with Gasteiger partial charge in [0.1, 0.15) is 5.75 Å². The highest BCUT2D eigenvalue weighted by Gasteiger charge is 2.37. The highest BCUT2D eigenvalue weighted by atomic mass is 32.2. The van der Waals surface area contributed by atoms with E-state index in [4.69, 9.17) is 9.47 Å². The molecule has 28 heavy (non-hydrogen) atoms. The van der Waals surface area contributed by atoms with Crippen molar-refractivity contribution in [1.29, 1.82) is 0 Å². The van der Waals surface area contributed by atoms with Gasteiger partial charge in [-0.3, -0.25) is 19.3 Å². The van der Waals surface area contributed by atoms with E-state index in [2.05, 4.69) is 0 Å². The summed E-state index contributed by atoms with van der Waals surface area (Å²) < 4.78 is 10.8. The molecular weight excluding hydrogens is 380 g/mol. The summed E-state index contributed by atoms with van der Waals surface area (Å²) in [6, 6.07) is 6.98. The molecule has 0 N–H and O–H groups in total. The number of ether oxygens (including phenoxy) is 2. The average molecular weight is 404 g/mol. The molecule has 1 aromatic rings. The van der Waals surface area contributed by atoms with E-state index in [9.17, 15) is 14.4 Å². The van der Waals surface area contributed by atoms with Gasteiger partial charge in [-0.25, -0.2) is 0 Å².